The first-order valence-corrected chi connectivity index (χ1v) is 12.7. The molecule has 0 heterocycles. The van der Waals surface area contributed by atoms with E-state index in [-0.39, 0.29) is 5.97 Å². The molecule has 176 valence electrons. The van der Waals surface area contributed by atoms with Crippen molar-refractivity contribution in [1.29, 1.82) is 0 Å². The zero-order valence-corrected chi connectivity index (χ0v) is 20.5. The van der Waals surface area contributed by atoms with Gasteiger partial charge in [-0.1, -0.05) is 32.4 Å². The lowest BCUT2D eigenvalue weighted by atomic mass is 9.47. The summed E-state index contributed by atoms with van der Waals surface area (Å²) in [5.74, 6) is 3.80. The van der Waals surface area contributed by atoms with Gasteiger partial charge in [0, 0.05) is 13.5 Å². The molecule has 4 rings (SSSR count). The highest BCUT2D eigenvalue weighted by Gasteiger charge is 2.59. The minimum absolute atomic E-state index is 0.0572. The van der Waals surface area contributed by atoms with Crippen LogP contribution < -0.4 is 0 Å². The van der Waals surface area contributed by atoms with Crippen molar-refractivity contribution in [2.24, 2.45) is 40.4 Å². The summed E-state index contributed by atoms with van der Waals surface area (Å²) < 4.78 is 16.0. The predicted octanol–water partition coefficient (Wildman–Crippen LogP) is 6.14. The fraction of sp³-hybridized carbons (Fsp3) is 0.889. The second kappa shape index (κ2) is 9.17. The van der Waals surface area contributed by atoms with Crippen LogP contribution in [0.25, 0.3) is 0 Å². The lowest BCUT2D eigenvalue weighted by Crippen LogP contribution is -2.51. The average molecular weight is 433 g/mol. The van der Waals surface area contributed by atoms with Crippen LogP contribution in [-0.2, 0) is 19.0 Å². The summed E-state index contributed by atoms with van der Waals surface area (Å²) in [6, 6.07) is 0. The summed E-state index contributed by atoms with van der Waals surface area (Å²) in [5, 5.41) is 0. The van der Waals surface area contributed by atoms with E-state index in [9.17, 15) is 4.79 Å². The summed E-state index contributed by atoms with van der Waals surface area (Å²) in [6.07, 6.45) is 14.7. The molecular weight excluding hydrogens is 388 g/mol. The highest BCUT2D eigenvalue weighted by molar-refractivity contribution is 5.69. The van der Waals surface area contributed by atoms with Crippen LogP contribution in [0.1, 0.15) is 85.0 Å². The molecule has 0 aromatic heterocycles. The fourth-order valence-electron chi connectivity index (χ4n) is 8.56. The molecular formula is C27H44O4. The second-order valence-electron chi connectivity index (χ2n) is 11.5. The number of hydrogen-bond acceptors (Lipinski definition) is 4. The summed E-state index contributed by atoms with van der Waals surface area (Å²) in [4.78, 5) is 11.7. The van der Waals surface area contributed by atoms with E-state index in [1.165, 1.54) is 45.6 Å². The van der Waals surface area contributed by atoms with Gasteiger partial charge < -0.3 is 14.2 Å². The molecule has 4 aliphatic carbocycles. The molecule has 4 heteroatoms. The van der Waals surface area contributed by atoms with Crippen LogP contribution in [0.15, 0.2) is 11.6 Å². The van der Waals surface area contributed by atoms with Crippen LogP contribution in [-0.4, -0.2) is 33.1 Å². The van der Waals surface area contributed by atoms with E-state index < -0.39 is 0 Å². The molecule has 0 saturated heterocycles. The monoisotopic (exact) mass is 432 g/mol. The Balaban J connectivity index is 1.47. The number of esters is 1. The average Bonchev–Trinajstić information content (AvgIpc) is 3.13. The van der Waals surface area contributed by atoms with Gasteiger partial charge in [0.15, 0.2) is 0 Å². The van der Waals surface area contributed by atoms with E-state index in [4.69, 9.17) is 14.2 Å². The number of hydrogen-bond donors (Lipinski definition) is 0. The molecule has 3 fully saturated rings. The van der Waals surface area contributed by atoms with E-state index in [2.05, 4.69) is 26.8 Å². The number of carbonyl (C=O) groups is 1. The minimum atomic E-state index is -0.0572. The smallest absolute Gasteiger partial charge is 0.305 e. The summed E-state index contributed by atoms with van der Waals surface area (Å²) in [5.41, 5.74) is 2.48. The van der Waals surface area contributed by atoms with Crippen LogP contribution in [0.2, 0.25) is 0 Å². The first-order valence-electron chi connectivity index (χ1n) is 12.7. The Hall–Kier alpha value is -0.870. The largest absolute Gasteiger partial charge is 0.469 e. The highest BCUT2D eigenvalue weighted by Crippen LogP contribution is 2.67. The van der Waals surface area contributed by atoms with Crippen LogP contribution in [0.4, 0.5) is 0 Å². The number of rotatable bonds is 7. The lowest BCUT2D eigenvalue weighted by molar-refractivity contribution is -0.141. The maximum absolute atomic E-state index is 11.7. The van der Waals surface area contributed by atoms with E-state index in [0.29, 0.717) is 36.1 Å². The summed E-state index contributed by atoms with van der Waals surface area (Å²) in [7, 11) is 3.21. The third-order valence-electron chi connectivity index (χ3n) is 10.3. The number of fused-ring (bicyclic) bond motifs is 5. The molecule has 4 nitrogen and oxygen atoms in total. The molecule has 4 aliphatic rings. The molecule has 31 heavy (non-hydrogen) atoms. The molecule has 0 N–H and O–H groups in total. The fourth-order valence-corrected chi connectivity index (χ4v) is 8.56. The third kappa shape index (κ3) is 4.12. The van der Waals surface area contributed by atoms with Crippen molar-refractivity contribution in [2.75, 3.05) is 21.0 Å². The van der Waals surface area contributed by atoms with Gasteiger partial charge in [-0.3, -0.25) is 4.79 Å². The minimum Gasteiger partial charge on any atom is -0.469 e. The zero-order valence-electron chi connectivity index (χ0n) is 20.5. The number of allylic oxidation sites excluding steroid dienone is 1. The van der Waals surface area contributed by atoms with Gasteiger partial charge in [0.25, 0.3) is 0 Å². The quantitative estimate of drug-likeness (QED) is 0.275. The van der Waals surface area contributed by atoms with Crippen molar-refractivity contribution < 1.29 is 19.0 Å². The molecule has 0 radical (unpaired) electrons. The lowest BCUT2D eigenvalue weighted by Gasteiger charge is -2.58. The normalized spacial score (nSPS) is 42.7. The van der Waals surface area contributed by atoms with Gasteiger partial charge in [0.2, 0.25) is 0 Å². The van der Waals surface area contributed by atoms with Crippen LogP contribution >= 0.6 is 0 Å². The van der Waals surface area contributed by atoms with Gasteiger partial charge in [-0.25, -0.2) is 0 Å². The molecule has 0 aliphatic heterocycles. The predicted molar refractivity (Wildman–Crippen MR) is 122 cm³/mol. The van der Waals surface area contributed by atoms with Crippen molar-refractivity contribution >= 4 is 5.97 Å². The Morgan fingerprint density at radius 2 is 1.94 bits per heavy atom. The summed E-state index contributed by atoms with van der Waals surface area (Å²) >= 11 is 0. The van der Waals surface area contributed by atoms with Crippen LogP contribution in [0.3, 0.4) is 0 Å². The standard InChI is InChI=1S/C27H44O4/c1-18(6-11-25(28)30-5)22-9-10-23-21-8-7-19-16-20(31-17-29-4)12-14-26(19,2)24(21)13-15-27(22,23)3/h7,18,20-24H,6,8-17H2,1-5H3/t18-,20+,21+,22-,23+,24+,26+,27-/m1/s1. The van der Waals surface area contributed by atoms with Gasteiger partial charge in [-0.2, -0.15) is 0 Å². The van der Waals surface area contributed by atoms with Gasteiger partial charge >= 0.3 is 5.97 Å². The molecule has 0 spiro atoms. The Bertz CT molecular complexity index is 687. The maximum atomic E-state index is 11.7. The maximum Gasteiger partial charge on any atom is 0.305 e. The van der Waals surface area contributed by atoms with Gasteiger partial charge in [0.05, 0.1) is 13.2 Å². The topological polar surface area (TPSA) is 44.8 Å². The first kappa shape index (κ1) is 23.3. The molecule has 8 atom stereocenters. The molecule has 3 saturated carbocycles. The Morgan fingerprint density at radius 1 is 1.13 bits per heavy atom. The van der Waals surface area contributed by atoms with E-state index in [1.54, 1.807) is 12.7 Å². The molecule has 0 unspecified atom stereocenters. The number of carbonyl (C=O) groups excluding carboxylic acids is 1. The van der Waals surface area contributed by atoms with E-state index in [1.807, 2.05) is 0 Å². The molecule has 0 amide bonds. The van der Waals surface area contributed by atoms with Crippen molar-refractivity contribution in [3.8, 4) is 0 Å². The van der Waals surface area contributed by atoms with Gasteiger partial charge in [-0.15, -0.1) is 0 Å². The molecule has 0 bridgehead atoms. The van der Waals surface area contributed by atoms with Gasteiger partial charge in [-0.05, 0) is 98.2 Å². The van der Waals surface area contributed by atoms with E-state index >= 15 is 0 Å². The van der Waals surface area contributed by atoms with Gasteiger partial charge in [0.1, 0.15) is 6.79 Å². The van der Waals surface area contributed by atoms with Crippen LogP contribution in [0.5, 0.6) is 0 Å². The first-order chi connectivity index (χ1) is 14.8. The molecule has 0 aromatic rings. The van der Waals surface area contributed by atoms with Crippen molar-refractivity contribution in [3.63, 3.8) is 0 Å². The second-order valence-corrected chi connectivity index (χ2v) is 11.5. The van der Waals surface area contributed by atoms with Crippen molar-refractivity contribution in [1.82, 2.24) is 0 Å². The highest BCUT2D eigenvalue weighted by atomic mass is 16.7. The van der Waals surface area contributed by atoms with Crippen molar-refractivity contribution in [2.45, 2.75) is 91.1 Å². The SMILES string of the molecule is COCO[C@H]1CC[C@@]2(C)C(=CC[C@H]3[C@@H]4CC[C@H]([C@H](C)CCC(=O)OC)[C@@]4(C)CC[C@@H]32)C1. The van der Waals surface area contributed by atoms with Crippen molar-refractivity contribution in [3.05, 3.63) is 11.6 Å². The third-order valence-corrected chi connectivity index (χ3v) is 10.3. The number of methoxy groups -OCH3 is 2. The Morgan fingerprint density at radius 3 is 2.68 bits per heavy atom. The summed E-state index contributed by atoms with van der Waals surface area (Å²) in [6.45, 7) is 7.96. The van der Waals surface area contributed by atoms with Crippen LogP contribution in [0, 0.1) is 40.4 Å². The van der Waals surface area contributed by atoms with E-state index in [0.717, 1.165) is 42.9 Å². The Labute approximate surface area is 189 Å². The Kier molecular flexibility index (Phi) is 6.89. The zero-order chi connectivity index (χ0) is 22.2. The molecule has 0 aromatic carbocycles. The number of ether oxygens (including phenoxy) is 3.